The van der Waals surface area contributed by atoms with Crippen LogP contribution >= 0.6 is 11.3 Å². The lowest BCUT2D eigenvalue weighted by Gasteiger charge is -2.03. The van der Waals surface area contributed by atoms with Gasteiger partial charge in [0, 0.05) is 54.7 Å². The number of nitrogens with zero attached hydrogens (tertiary/aromatic N) is 3. The van der Waals surface area contributed by atoms with Crippen LogP contribution in [0.1, 0.15) is 10.4 Å². The second-order valence-corrected chi connectivity index (χ2v) is 5.63. The van der Waals surface area contributed by atoms with E-state index in [0.29, 0.717) is 0 Å². The minimum atomic E-state index is 0.802. The van der Waals surface area contributed by atoms with Gasteiger partial charge in [-0.1, -0.05) is 6.07 Å². The Morgan fingerprint density at radius 1 is 1.25 bits per heavy atom. The molecule has 3 aromatic rings. The van der Waals surface area contributed by atoms with Crippen LogP contribution in [0.15, 0.2) is 48.2 Å². The van der Waals surface area contributed by atoms with E-state index in [1.54, 1.807) is 17.5 Å². The monoisotopic (exact) mass is 284 g/mol. The van der Waals surface area contributed by atoms with Crippen LogP contribution in [0.3, 0.4) is 0 Å². The average Bonchev–Trinajstić information content (AvgIpc) is 3.10. The van der Waals surface area contributed by atoms with Crippen molar-refractivity contribution < 1.29 is 0 Å². The van der Waals surface area contributed by atoms with E-state index in [2.05, 4.69) is 39.1 Å². The molecule has 0 aromatic carbocycles. The summed E-state index contributed by atoms with van der Waals surface area (Å²) < 4.78 is 1.85. The Balaban J connectivity index is 1.73. The molecule has 0 atom stereocenters. The summed E-state index contributed by atoms with van der Waals surface area (Å²) >= 11 is 1.77. The van der Waals surface area contributed by atoms with Gasteiger partial charge >= 0.3 is 0 Å². The van der Waals surface area contributed by atoms with Crippen molar-refractivity contribution in [2.45, 2.75) is 13.1 Å². The summed E-state index contributed by atoms with van der Waals surface area (Å²) in [5, 5.41) is 10.1. The van der Waals surface area contributed by atoms with Crippen LogP contribution in [-0.4, -0.2) is 14.8 Å². The summed E-state index contributed by atoms with van der Waals surface area (Å²) in [5.41, 5.74) is 3.25. The SMILES string of the molecule is Cn1cc(CNCc2cccs2)c(-c2cccnc2)n1. The van der Waals surface area contributed by atoms with Crippen molar-refractivity contribution in [1.82, 2.24) is 20.1 Å². The molecule has 3 aromatic heterocycles. The van der Waals surface area contributed by atoms with Crippen LogP contribution < -0.4 is 5.32 Å². The Labute approximate surface area is 122 Å². The molecule has 0 saturated heterocycles. The van der Waals surface area contributed by atoms with Crippen molar-refractivity contribution in [2.24, 2.45) is 7.05 Å². The molecule has 0 aliphatic heterocycles. The molecular formula is C15H16N4S. The number of hydrogen-bond acceptors (Lipinski definition) is 4. The third kappa shape index (κ3) is 2.95. The molecule has 20 heavy (non-hydrogen) atoms. The van der Waals surface area contributed by atoms with Crippen LogP contribution in [0.4, 0.5) is 0 Å². The molecule has 3 heterocycles. The Kier molecular flexibility index (Phi) is 3.90. The zero-order chi connectivity index (χ0) is 13.8. The Morgan fingerprint density at radius 2 is 2.20 bits per heavy atom. The Bertz CT molecular complexity index is 659. The summed E-state index contributed by atoms with van der Waals surface area (Å²) in [5.74, 6) is 0. The Morgan fingerprint density at radius 3 is 2.95 bits per heavy atom. The maximum Gasteiger partial charge on any atom is 0.0983 e. The molecular weight excluding hydrogens is 268 g/mol. The summed E-state index contributed by atoms with van der Waals surface area (Å²) in [6.07, 6.45) is 5.69. The van der Waals surface area contributed by atoms with Gasteiger partial charge in [-0.15, -0.1) is 11.3 Å². The first-order valence-corrected chi connectivity index (χ1v) is 7.37. The number of rotatable bonds is 5. The van der Waals surface area contributed by atoms with Crippen LogP contribution in [0, 0.1) is 0 Å². The van der Waals surface area contributed by atoms with Crippen molar-refractivity contribution in [2.75, 3.05) is 0 Å². The highest BCUT2D eigenvalue weighted by Gasteiger charge is 2.09. The van der Waals surface area contributed by atoms with Gasteiger partial charge in [-0.05, 0) is 23.6 Å². The number of aryl methyl sites for hydroxylation is 1. The number of nitrogens with one attached hydrogen (secondary N) is 1. The first kappa shape index (κ1) is 13.0. The first-order valence-electron chi connectivity index (χ1n) is 6.49. The highest BCUT2D eigenvalue weighted by Crippen LogP contribution is 2.20. The van der Waals surface area contributed by atoms with E-state index in [0.717, 1.165) is 24.3 Å². The fourth-order valence-corrected chi connectivity index (χ4v) is 2.82. The van der Waals surface area contributed by atoms with Gasteiger partial charge in [0.15, 0.2) is 0 Å². The lowest BCUT2D eigenvalue weighted by atomic mass is 10.1. The van der Waals surface area contributed by atoms with E-state index in [-0.39, 0.29) is 0 Å². The average molecular weight is 284 g/mol. The standard InChI is InChI=1S/C15H16N4S/c1-19-11-13(9-17-10-14-5-3-7-20-14)15(18-19)12-4-2-6-16-8-12/h2-8,11,17H,9-10H2,1H3. The molecule has 0 aliphatic rings. The maximum atomic E-state index is 4.54. The van der Waals surface area contributed by atoms with E-state index in [1.165, 1.54) is 10.4 Å². The van der Waals surface area contributed by atoms with Gasteiger partial charge in [0.2, 0.25) is 0 Å². The lowest BCUT2D eigenvalue weighted by Crippen LogP contribution is -2.11. The molecule has 0 unspecified atom stereocenters. The lowest BCUT2D eigenvalue weighted by molar-refractivity contribution is 0.699. The predicted molar refractivity (Wildman–Crippen MR) is 81.3 cm³/mol. The second-order valence-electron chi connectivity index (χ2n) is 4.60. The molecule has 0 saturated carbocycles. The molecule has 0 bridgehead atoms. The summed E-state index contributed by atoms with van der Waals surface area (Å²) in [6.45, 7) is 1.69. The van der Waals surface area contributed by atoms with Gasteiger partial charge in [0.25, 0.3) is 0 Å². The number of hydrogen-bond donors (Lipinski definition) is 1. The summed E-state index contributed by atoms with van der Waals surface area (Å²) in [4.78, 5) is 5.51. The van der Waals surface area contributed by atoms with Gasteiger partial charge in [-0.3, -0.25) is 9.67 Å². The summed E-state index contributed by atoms with van der Waals surface area (Å²) in [7, 11) is 1.95. The van der Waals surface area contributed by atoms with Crippen molar-refractivity contribution in [3.05, 3.63) is 58.7 Å². The van der Waals surface area contributed by atoms with Crippen LogP contribution in [-0.2, 0) is 20.1 Å². The third-order valence-electron chi connectivity index (χ3n) is 3.03. The highest BCUT2D eigenvalue weighted by atomic mass is 32.1. The van der Waals surface area contributed by atoms with E-state index in [1.807, 2.05) is 30.1 Å². The molecule has 0 amide bonds. The second kappa shape index (κ2) is 5.98. The predicted octanol–water partition coefficient (Wildman–Crippen LogP) is 2.83. The molecule has 1 N–H and O–H groups in total. The van der Waals surface area contributed by atoms with Gasteiger partial charge in [0.1, 0.15) is 0 Å². The van der Waals surface area contributed by atoms with Crippen molar-refractivity contribution in [3.8, 4) is 11.3 Å². The molecule has 5 heteroatoms. The first-order chi connectivity index (χ1) is 9.83. The Hall–Kier alpha value is -1.98. The minimum Gasteiger partial charge on any atom is -0.308 e. The van der Waals surface area contributed by atoms with E-state index >= 15 is 0 Å². The molecule has 0 fully saturated rings. The third-order valence-corrected chi connectivity index (χ3v) is 3.91. The topological polar surface area (TPSA) is 42.7 Å². The van der Waals surface area contributed by atoms with Crippen molar-refractivity contribution in [1.29, 1.82) is 0 Å². The van der Waals surface area contributed by atoms with E-state index in [4.69, 9.17) is 0 Å². The fourth-order valence-electron chi connectivity index (χ4n) is 2.15. The van der Waals surface area contributed by atoms with Gasteiger partial charge in [0.05, 0.1) is 5.69 Å². The largest absolute Gasteiger partial charge is 0.308 e. The van der Waals surface area contributed by atoms with Gasteiger partial charge in [-0.2, -0.15) is 5.10 Å². The van der Waals surface area contributed by atoms with Gasteiger partial charge < -0.3 is 5.32 Å². The molecule has 4 nitrogen and oxygen atoms in total. The van der Waals surface area contributed by atoms with Crippen LogP contribution in [0.2, 0.25) is 0 Å². The maximum absolute atomic E-state index is 4.54. The minimum absolute atomic E-state index is 0.802. The zero-order valence-electron chi connectivity index (χ0n) is 11.3. The normalized spacial score (nSPS) is 10.8. The summed E-state index contributed by atoms with van der Waals surface area (Å²) in [6, 6.07) is 8.20. The molecule has 3 rings (SSSR count). The smallest absolute Gasteiger partial charge is 0.0983 e. The van der Waals surface area contributed by atoms with Crippen LogP contribution in [0.5, 0.6) is 0 Å². The zero-order valence-corrected chi connectivity index (χ0v) is 12.1. The van der Waals surface area contributed by atoms with Crippen molar-refractivity contribution >= 4 is 11.3 Å². The number of pyridine rings is 1. The molecule has 0 spiro atoms. The number of aromatic nitrogens is 3. The van der Waals surface area contributed by atoms with E-state index in [9.17, 15) is 0 Å². The number of thiophene rings is 1. The fraction of sp³-hybridized carbons (Fsp3) is 0.200. The highest BCUT2D eigenvalue weighted by molar-refractivity contribution is 7.09. The molecule has 0 radical (unpaired) electrons. The van der Waals surface area contributed by atoms with Crippen LogP contribution in [0.25, 0.3) is 11.3 Å². The van der Waals surface area contributed by atoms with E-state index < -0.39 is 0 Å². The molecule has 102 valence electrons. The quantitative estimate of drug-likeness (QED) is 0.783. The molecule has 0 aliphatic carbocycles. The van der Waals surface area contributed by atoms with Crippen molar-refractivity contribution in [3.63, 3.8) is 0 Å². The van der Waals surface area contributed by atoms with Gasteiger partial charge in [-0.25, -0.2) is 0 Å².